The van der Waals surface area contributed by atoms with E-state index in [-0.39, 0.29) is 0 Å². The number of hydrogen-bond acceptors (Lipinski definition) is 3. The van der Waals surface area contributed by atoms with Crippen LogP contribution in [0.15, 0.2) is 24.4 Å². The standard InChI is InChI=1S/C13H15N3/c1-8-6-11-10(12(14)7-8)4-5-15-13(11)16-9-2-3-9/h4-7,9H,2-3,14H2,1H3,(H,15,16). The number of anilines is 2. The Bertz CT molecular complexity index is 544. The van der Waals surface area contributed by atoms with Crippen LogP contribution >= 0.6 is 0 Å². The van der Waals surface area contributed by atoms with Gasteiger partial charge < -0.3 is 11.1 Å². The van der Waals surface area contributed by atoms with Gasteiger partial charge in [0.1, 0.15) is 5.82 Å². The number of aromatic nitrogens is 1. The van der Waals surface area contributed by atoms with E-state index in [1.807, 2.05) is 18.3 Å². The average molecular weight is 213 g/mol. The molecule has 3 nitrogen and oxygen atoms in total. The molecule has 0 radical (unpaired) electrons. The van der Waals surface area contributed by atoms with Crippen LogP contribution in [0.1, 0.15) is 18.4 Å². The molecule has 0 saturated heterocycles. The molecule has 0 aliphatic heterocycles. The first-order valence-electron chi connectivity index (χ1n) is 5.65. The van der Waals surface area contributed by atoms with Crippen LogP contribution in [0, 0.1) is 6.92 Å². The van der Waals surface area contributed by atoms with Gasteiger partial charge in [0.15, 0.2) is 0 Å². The molecule has 0 amide bonds. The third-order valence-corrected chi connectivity index (χ3v) is 2.97. The van der Waals surface area contributed by atoms with Gasteiger partial charge in [-0.2, -0.15) is 0 Å². The first-order chi connectivity index (χ1) is 7.74. The lowest BCUT2D eigenvalue weighted by Crippen LogP contribution is -2.04. The normalized spacial score (nSPS) is 15.3. The van der Waals surface area contributed by atoms with Gasteiger partial charge in [-0.3, -0.25) is 0 Å². The molecule has 0 unspecified atom stereocenters. The zero-order chi connectivity index (χ0) is 11.1. The molecule has 1 aromatic carbocycles. The molecule has 1 aromatic heterocycles. The fourth-order valence-corrected chi connectivity index (χ4v) is 2.00. The minimum Gasteiger partial charge on any atom is -0.398 e. The van der Waals surface area contributed by atoms with Crippen LogP contribution in [0.25, 0.3) is 10.8 Å². The van der Waals surface area contributed by atoms with Gasteiger partial charge in [-0.25, -0.2) is 4.98 Å². The molecule has 3 N–H and O–H groups in total. The maximum atomic E-state index is 6.02. The summed E-state index contributed by atoms with van der Waals surface area (Å²) in [7, 11) is 0. The lowest BCUT2D eigenvalue weighted by Gasteiger charge is -2.10. The Labute approximate surface area is 94.7 Å². The van der Waals surface area contributed by atoms with E-state index in [1.165, 1.54) is 18.4 Å². The average Bonchev–Trinajstić information content (AvgIpc) is 3.03. The molecule has 1 aliphatic carbocycles. The second-order valence-electron chi connectivity index (χ2n) is 4.53. The summed E-state index contributed by atoms with van der Waals surface area (Å²) in [5.74, 6) is 0.968. The van der Waals surface area contributed by atoms with Crippen molar-refractivity contribution in [1.82, 2.24) is 4.98 Å². The smallest absolute Gasteiger partial charge is 0.134 e. The number of pyridine rings is 1. The van der Waals surface area contributed by atoms with Crippen LogP contribution in [0.2, 0.25) is 0 Å². The van der Waals surface area contributed by atoms with E-state index in [4.69, 9.17) is 5.73 Å². The van der Waals surface area contributed by atoms with Crippen molar-refractivity contribution in [3.05, 3.63) is 30.0 Å². The topological polar surface area (TPSA) is 50.9 Å². The Balaban J connectivity index is 2.19. The fraction of sp³-hybridized carbons (Fsp3) is 0.308. The van der Waals surface area contributed by atoms with Crippen LogP contribution in [0.3, 0.4) is 0 Å². The summed E-state index contributed by atoms with van der Waals surface area (Å²) in [5, 5.41) is 5.66. The second-order valence-corrected chi connectivity index (χ2v) is 4.53. The van der Waals surface area contributed by atoms with Crippen molar-refractivity contribution < 1.29 is 0 Å². The summed E-state index contributed by atoms with van der Waals surface area (Å²) in [6.45, 7) is 2.06. The zero-order valence-electron chi connectivity index (χ0n) is 9.33. The number of nitrogens with zero attached hydrogens (tertiary/aromatic N) is 1. The van der Waals surface area contributed by atoms with Gasteiger partial charge >= 0.3 is 0 Å². The summed E-state index contributed by atoms with van der Waals surface area (Å²) in [4.78, 5) is 4.40. The molecule has 3 heteroatoms. The number of nitrogen functional groups attached to an aromatic ring is 1. The summed E-state index contributed by atoms with van der Waals surface area (Å²) in [6, 6.07) is 6.73. The molecule has 0 bridgehead atoms. The number of fused-ring (bicyclic) bond motifs is 1. The van der Waals surface area contributed by atoms with Crippen LogP contribution in [-0.4, -0.2) is 11.0 Å². The molecule has 0 atom stereocenters. The van der Waals surface area contributed by atoms with Gasteiger partial charge in [0, 0.05) is 28.7 Å². The largest absolute Gasteiger partial charge is 0.398 e. The predicted molar refractivity (Wildman–Crippen MR) is 67.5 cm³/mol. The summed E-state index contributed by atoms with van der Waals surface area (Å²) in [5.41, 5.74) is 8.02. The van der Waals surface area contributed by atoms with E-state index >= 15 is 0 Å². The van der Waals surface area contributed by atoms with Crippen LogP contribution < -0.4 is 11.1 Å². The van der Waals surface area contributed by atoms with E-state index in [9.17, 15) is 0 Å². The number of rotatable bonds is 2. The Morgan fingerprint density at radius 1 is 1.31 bits per heavy atom. The fourth-order valence-electron chi connectivity index (χ4n) is 2.00. The molecule has 2 aromatic rings. The highest BCUT2D eigenvalue weighted by Gasteiger charge is 2.22. The Morgan fingerprint density at radius 2 is 2.12 bits per heavy atom. The highest BCUT2D eigenvalue weighted by atomic mass is 15.0. The Kier molecular flexibility index (Phi) is 1.99. The SMILES string of the molecule is Cc1cc(N)c2ccnc(NC3CC3)c2c1. The summed E-state index contributed by atoms with van der Waals surface area (Å²) >= 11 is 0. The Morgan fingerprint density at radius 3 is 2.88 bits per heavy atom. The van der Waals surface area contributed by atoms with Crippen molar-refractivity contribution in [2.75, 3.05) is 11.1 Å². The quantitative estimate of drug-likeness (QED) is 0.754. The maximum Gasteiger partial charge on any atom is 0.134 e. The van der Waals surface area contributed by atoms with Crippen molar-refractivity contribution in [3.63, 3.8) is 0 Å². The van der Waals surface area contributed by atoms with Gasteiger partial charge in [0.05, 0.1) is 0 Å². The van der Waals surface area contributed by atoms with Crippen LogP contribution in [0.4, 0.5) is 11.5 Å². The van der Waals surface area contributed by atoms with Gasteiger partial charge in [-0.05, 0) is 43.5 Å². The number of benzene rings is 1. The van der Waals surface area contributed by atoms with Crippen molar-refractivity contribution in [3.8, 4) is 0 Å². The van der Waals surface area contributed by atoms with Crippen molar-refractivity contribution in [2.24, 2.45) is 0 Å². The van der Waals surface area contributed by atoms with E-state index in [2.05, 4.69) is 23.3 Å². The third kappa shape index (κ3) is 1.58. The molecular weight excluding hydrogens is 198 g/mol. The maximum absolute atomic E-state index is 6.02. The van der Waals surface area contributed by atoms with Gasteiger partial charge in [-0.15, -0.1) is 0 Å². The first kappa shape index (κ1) is 9.46. The van der Waals surface area contributed by atoms with Crippen LogP contribution in [0.5, 0.6) is 0 Å². The van der Waals surface area contributed by atoms with Gasteiger partial charge in [0.25, 0.3) is 0 Å². The lowest BCUT2D eigenvalue weighted by atomic mass is 10.1. The summed E-state index contributed by atoms with van der Waals surface area (Å²) < 4.78 is 0. The molecule has 1 heterocycles. The number of aryl methyl sites for hydroxylation is 1. The van der Waals surface area contributed by atoms with Crippen LogP contribution in [-0.2, 0) is 0 Å². The summed E-state index contributed by atoms with van der Waals surface area (Å²) in [6.07, 6.45) is 4.32. The number of hydrogen-bond donors (Lipinski definition) is 2. The molecule has 1 fully saturated rings. The third-order valence-electron chi connectivity index (χ3n) is 2.97. The predicted octanol–water partition coefficient (Wildman–Crippen LogP) is 2.70. The lowest BCUT2D eigenvalue weighted by molar-refractivity contribution is 1.12. The number of nitrogens with two attached hydrogens (primary N) is 1. The molecule has 1 saturated carbocycles. The number of nitrogens with one attached hydrogen (secondary N) is 1. The monoisotopic (exact) mass is 213 g/mol. The Hall–Kier alpha value is -1.77. The van der Waals surface area contributed by atoms with E-state index < -0.39 is 0 Å². The van der Waals surface area contributed by atoms with E-state index in [0.29, 0.717) is 6.04 Å². The van der Waals surface area contributed by atoms with Crippen molar-refractivity contribution in [2.45, 2.75) is 25.8 Å². The second kappa shape index (κ2) is 3.37. The molecule has 1 aliphatic rings. The zero-order valence-corrected chi connectivity index (χ0v) is 9.33. The molecule has 82 valence electrons. The van der Waals surface area contributed by atoms with E-state index in [1.54, 1.807) is 0 Å². The molecule has 16 heavy (non-hydrogen) atoms. The first-order valence-corrected chi connectivity index (χ1v) is 5.65. The highest BCUT2D eigenvalue weighted by Crippen LogP contribution is 2.31. The van der Waals surface area contributed by atoms with Gasteiger partial charge in [-0.1, -0.05) is 0 Å². The van der Waals surface area contributed by atoms with Gasteiger partial charge in [0.2, 0.25) is 0 Å². The van der Waals surface area contributed by atoms with E-state index in [0.717, 1.165) is 22.3 Å². The highest BCUT2D eigenvalue weighted by molar-refractivity contribution is 5.99. The molecule has 3 rings (SSSR count). The van der Waals surface area contributed by atoms with Crippen molar-refractivity contribution in [1.29, 1.82) is 0 Å². The minimum absolute atomic E-state index is 0.611. The molecular formula is C13H15N3. The molecule has 0 spiro atoms. The minimum atomic E-state index is 0.611. The van der Waals surface area contributed by atoms with Crippen molar-refractivity contribution >= 4 is 22.3 Å².